The molecule has 0 unspecified atom stereocenters. The van der Waals surface area contributed by atoms with Crippen molar-refractivity contribution < 1.29 is 31.3 Å². The summed E-state index contributed by atoms with van der Waals surface area (Å²) in [5.41, 5.74) is -0.367. The van der Waals surface area contributed by atoms with Crippen LogP contribution in [0.25, 0.3) is 0 Å². The highest BCUT2D eigenvalue weighted by Gasteiger charge is 2.28. The number of aromatic amines is 1. The molecule has 0 atom stereocenters. The van der Waals surface area contributed by atoms with E-state index in [9.17, 15) is 31.7 Å². The van der Waals surface area contributed by atoms with E-state index in [1.807, 2.05) is 0 Å². The number of aromatic nitrogens is 1. The Labute approximate surface area is 184 Å². The minimum absolute atomic E-state index is 0.00150. The molecule has 1 aromatic carbocycles. The van der Waals surface area contributed by atoms with Crippen LogP contribution >= 0.6 is 0 Å². The third kappa shape index (κ3) is 5.49. The lowest BCUT2D eigenvalue weighted by Gasteiger charge is -2.25. The molecule has 13 nitrogen and oxygen atoms in total. The fourth-order valence-corrected chi connectivity index (χ4v) is 5.37. The van der Waals surface area contributed by atoms with Gasteiger partial charge in [-0.1, -0.05) is 6.07 Å². The Morgan fingerprint density at radius 1 is 1.12 bits per heavy atom. The third-order valence-electron chi connectivity index (χ3n) is 4.55. The second-order valence-electron chi connectivity index (χ2n) is 6.67. The number of nitrogens with one attached hydrogen (secondary N) is 3. The predicted octanol–water partition coefficient (Wildman–Crippen LogP) is -0.348. The molecule has 0 bridgehead atoms. The first-order valence-corrected chi connectivity index (χ1v) is 12.3. The van der Waals surface area contributed by atoms with E-state index >= 15 is 0 Å². The number of hydrogen-bond acceptors (Lipinski definition) is 8. The first-order chi connectivity index (χ1) is 15.1. The van der Waals surface area contributed by atoms with E-state index in [4.69, 9.17) is 4.74 Å². The van der Waals surface area contributed by atoms with E-state index in [2.05, 4.69) is 15.0 Å². The zero-order chi connectivity index (χ0) is 23.4. The number of nitro groups is 1. The van der Waals surface area contributed by atoms with Gasteiger partial charge in [-0.15, -0.1) is 0 Å². The molecule has 0 saturated carbocycles. The average Bonchev–Trinajstić information content (AvgIpc) is 3.29. The summed E-state index contributed by atoms with van der Waals surface area (Å²) in [4.78, 5) is 24.6. The van der Waals surface area contributed by atoms with Gasteiger partial charge in [0.15, 0.2) is 0 Å². The Balaban J connectivity index is 1.54. The first-order valence-electron chi connectivity index (χ1n) is 9.40. The van der Waals surface area contributed by atoms with Gasteiger partial charge in [0.25, 0.3) is 11.6 Å². The van der Waals surface area contributed by atoms with Crippen molar-refractivity contribution >= 4 is 31.6 Å². The van der Waals surface area contributed by atoms with Crippen molar-refractivity contribution in [3.8, 4) is 0 Å². The van der Waals surface area contributed by atoms with Gasteiger partial charge in [-0.05, 0) is 12.1 Å². The van der Waals surface area contributed by atoms with Crippen LogP contribution in [0.4, 0.5) is 5.69 Å². The van der Waals surface area contributed by atoms with E-state index in [0.29, 0.717) is 13.2 Å². The number of morpholine rings is 1. The van der Waals surface area contributed by atoms with Gasteiger partial charge in [0, 0.05) is 44.5 Å². The molecule has 1 aromatic heterocycles. The van der Waals surface area contributed by atoms with Gasteiger partial charge in [0.1, 0.15) is 10.6 Å². The summed E-state index contributed by atoms with van der Waals surface area (Å²) in [5.74, 6) is -0.622. The number of non-ortho nitro benzene ring substituents is 1. The minimum atomic E-state index is -4.02. The van der Waals surface area contributed by atoms with Gasteiger partial charge < -0.3 is 15.0 Å². The Morgan fingerprint density at radius 2 is 1.84 bits per heavy atom. The van der Waals surface area contributed by atoms with Crippen molar-refractivity contribution in [2.75, 3.05) is 39.4 Å². The Morgan fingerprint density at radius 3 is 2.53 bits per heavy atom. The average molecular weight is 488 g/mol. The number of carbonyl (C=O) groups excluding carboxylic acids is 1. The quantitative estimate of drug-likeness (QED) is 0.244. The van der Waals surface area contributed by atoms with Crippen molar-refractivity contribution in [1.82, 2.24) is 19.3 Å². The van der Waals surface area contributed by atoms with E-state index in [0.717, 1.165) is 6.07 Å². The highest BCUT2D eigenvalue weighted by atomic mass is 32.2. The summed E-state index contributed by atoms with van der Waals surface area (Å²) in [6.07, 6.45) is 1.21. The van der Waals surface area contributed by atoms with E-state index in [1.165, 1.54) is 34.8 Å². The number of sulfonamides is 2. The maximum Gasteiger partial charge on any atom is 0.270 e. The molecule has 3 N–H and O–H groups in total. The minimum Gasteiger partial charge on any atom is -0.379 e. The molecular weight excluding hydrogens is 466 g/mol. The first kappa shape index (κ1) is 23.8. The van der Waals surface area contributed by atoms with E-state index < -0.39 is 30.9 Å². The molecule has 1 aliphatic heterocycles. The SMILES string of the molecule is O=C(NCCNS(=O)(=O)c1cccc([N+](=O)[O-])c1)c1cc(S(=O)(=O)N2CCOCC2)c[nH]1. The molecule has 3 rings (SSSR count). The van der Waals surface area contributed by atoms with E-state index in [1.54, 1.807) is 0 Å². The molecule has 2 aromatic rings. The third-order valence-corrected chi connectivity index (χ3v) is 7.89. The van der Waals surface area contributed by atoms with Crippen molar-refractivity contribution in [3.63, 3.8) is 0 Å². The van der Waals surface area contributed by atoms with Crippen LogP contribution in [0, 0.1) is 10.1 Å². The number of nitro benzene ring substituents is 1. The fraction of sp³-hybridized carbons (Fsp3) is 0.353. The summed E-state index contributed by atoms with van der Waals surface area (Å²) < 4.78 is 58.3. The van der Waals surface area contributed by atoms with Crippen LogP contribution < -0.4 is 10.0 Å². The summed E-state index contributed by atoms with van der Waals surface area (Å²) >= 11 is 0. The lowest BCUT2D eigenvalue weighted by atomic mass is 10.3. The Kier molecular flexibility index (Phi) is 7.25. The molecular formula is C17H21N5O8S2. The number of hydrogen-bond donors (Lipinski definition) is 3. The molecule has 0 radical (unpaired) electrons. The predicted molar refractivity (Wildman–Crippen MR) is 111 cm³/mol. The number of carbonyl (C=O) groups is 1. The smallest absolute Gasteiger partial charge is 0.270 e. The van der Waals surface area contributed by atoms with Crippen LogP contribution in [0.2, 0.25) is 0 Å². The van der Waals surface area contributed by atoms with Gasteiger partial charge in [0.05, 0.1) is 23.0 Å². The molecule has 174 valence electrons. The number of rotatable bonds is 9. The number of H-pyrrole nitrogens is 1. The number of amides is 1. The monoisotopic (exact) mass is 487 g/mol. The molecule has 1 fully saturated rings. The van der Waals surface area contributed by atoms with Gasteiger partial charge in [-0.2, -0.15) is 4.31 Å². The summed E-state index contributed by atoms with van der Waals surface area (Å²) in [5, 5.41) is 13.3. The van der Waals surface area contributed by atoms with Crippen molar-refractivity contribution in [3.05, 3.63) is 52.3 Å². The number of benzene rings is 1. The molecule has 1 aliphatic rings. The molecule has 0 spiro atoms. The molecule has 2 heterocycles. The van der Waals surface area contributed by atoms with Crippen molar-refractivity contribution in [2.24, 2.45) is 0 Å². The molecule has 15 heteroatoms. The number of nitrogens with zero attached hydrogens (tertiary/aromatic N) is 2. The second kappa shape index (κ2) is 9.74. The zero-order valence-electron chi connectivity index (χ0n) is 16.7. The molecule has 0 aliphatic carbocycles. The Bertz CT molecular complexity index is 1200. The summed E-state index contributed by atoms with van der Waals surface area (Å²) in [6, 6.07) is 5.76. The standard InChI is InChI=1S/C17H21N5O8S2/c23-17(16-11-15(12-19-16)32(28,29)21-6-8-30-9-7-21)18-4-5-20-31(26,27)14-3-1-2-13(10-14)22(24)25/h1-3,10-12,19-20H,4-9H2,(H,18,23). The molecule has 32 heavy (non-hydrogen) atoms. The highest BCUT2D eigenvalue weighted by Crippen LogP contribution is 2.18. The van der Waals surface area contributed by atoms with Crippen molar-refractivity contribution in [2.45, 2.75) is 9.79 Å². The van der Waals surface area contributed by atoms with Gasteiger partial charge >= 0.3 is 0 Å². The highest BCUT2D eigenvalue weighted by molar-refractivity contribution is 7.89. The van der Waals surface area contributed by atoms with Gasteiger partial charge in [-0.25, -0.2) is 21.6 Å². The molecule has 1 saturated heterocycles. The largest absolute Gasteiger partial charge is 0.379 e. The van der Waals surface area contributed by atoms with Crippen LogP contribution in [0.3, 0.4) is 0 Å². The summed E-state index contributed by atoms with van der Waals surface area (Å²) in [7, 11) is -7.77. The maximum atomic E-state index is 12.6. The van der Waals surface area contributed by atoms with Crippen LogP contribution in [-0.4, -0.2) is 76.3 Å². The number of ether oxygens (including phenoxy) is 1. The fourth-order valence-electron chi connectivity index (χ4n) is 2.89. The lowest BCUT2D eigenvalue weighted by Crippen LogP contribution is -2.40. The zero-order valence-corrected chi connectivity index (χ0v) is 18.3. The van der Waals surface area contributed by atoms with Crippen LogP contribution in [0.5, 0.6) is 0 Å². The second-order valence-corrected chi connectivity index (χ2v) is 10.4. The van der Waals surface area contributed by atoms with Gasteiger partial charge in [0.2, 0.25) is 20.0 Å². The van der Waals surface area contributed by atoms with Gasteiger partial charge in [-0.3, -0.25) is 14.9 Å². The van der Waals surface area contributed by atoms with Crippen molar-refractivity contribution in [1.29, 1.82) is 0 Å². The molecule has 1 amide bonds. The Hall–Kier alpha value is -2.85. The maximum absolute atomic E-state index is 12.6. The van der Waals surface area contributed by atoms with Crippen LogP contribution in [0.15, 0.2) is 46.3 Å². The summed E-state index contributed by atoms with van der Waals surface area (Å²) in [6.45, 7) is 0.750. The van der Waals surface area contributed by atoms with E-state index in [-0.39, 0.29) is 47.4 Å². The normalized spacial score (nSPS) is 15.4. The van der Waals surface area contributed by atoms with Crippen LogP contribution in [0.1, 0.15) is 10.5 Å². The lowest BCUT2D eigenvalue weighted by molar-refractivity contribution is -0.385. The van der Waals surface area contributed by atoms with Crippen LogP contribution in [-0.2, 0) is 24.8 Å². The topological polar surface area (TPSA) is 181 Å².